The third-order valence-corrected chi connectivity index (χ3v) is 3.89. The summed E-state index contributed by atoms with van der Waals surface area (Å²) >= 11 is 0. The largest absolute Gasteiger partial charge is 0.373 e. The average molecular weight is 316 g/mol. The second-order valence-corrected chi connectivity index (χ2v) is 5.65. The van der Waals surface area contributed by atoms with Gasteiger partial charge in [-0.2, -0.15) is 34.8 Å². The van der Waals surface area contributed by atoms with Crippen LogP contribution < -0.4 is 0 Å². The highest BCUT2D eigenvalue weighted by molar-refractivity contribution is 7.86. The maximum Gasteiger partial charge on any atom is 0.373 e. The minimum atomic E-state index is -5.88. The zero-order chi connectivity index (χ0) is 15.7. The molecule has 1 unspecified atom stereocenters. The molecule has 0 amide bonds. The number of halogens is 6. The highest BCUT2D eigenvalue weighted by atomic mass is 32.2. The van der Waals surface area contributed by atoms with E-state index >= 15 is 0 Å². The molecule has 0 saturated heterocycles. The van der Waals surface area contributed by atoms with E-state index in [0.29, 0.717) is 6.92 Å². The summed E-state index contributed by atoms with van der Waals surface area (Å²) in [5.41, 5.74) is 0. The van der Waals surface area contributed by atoms with Crippen molar-refractivity contribution in [2.45, 2.75) is 56.1 Å². The minimum absolute atomic E-state index is 0.312. The Bertz CT molecular complexity index is 406. The van der Waals surface area contributed by atoms with Crippen LogP contribution in [-0.4, -0.2) is 36.0 Å². The molecule has 0 aromatic heterocycles. The van der Waals surface area contributed by atoms with Crippen LogP contribution in [-0.2, 0) is 10.1 Å². The Labute approximate surface area is 106 Å². The van der Waals surface area contributed by atoms with E-state index in [2.05, 4.69) is 0 Å². The Morgan fingerprint density at radius 3 is 1.74 bits per heavy atom. The van der Waals surface area contributed by atoms with Gasteiger partial charge in [0.1, 0.15) is 0 Å². The fourth-order valence-electron chi connectivity index (χ4n) is 1.45. The van der Waals surface area contributed by atoms with Crippen molar-refractivity contribution in [1.29, 1.82) is 0 Å². The number of hydrogen-bond acceptors (Lipinski definition) is 2. The Morgan fingerprint density at radius 2 is 1.47 bits per heavy atom. The lowest BCUT2D eigenvalue weighted by Crippen LogP contribution is -2.60. The number of hydrogen-bond donors (Lipinski definition) is 1. The van der Waals surface area contributed by atoms with Gasteiger partial charge in [-0.05, 0) is 6.42 Å². The van der Waals surface area contributed by atoms with Gasteiger partial charge in [-0.25, -0.2) is 0 Å². The Hall–Kier alpha value is -0.510. The molecular formula is C9H14F6O3S. The van der Waals surface area contributed by atoms with Crippen molar-refractivity contribution in [2.75, 3.05) is 0 Å². The zero-order valence-corrected chi connectivity index (χ0v) is 11.0. The lowest BCUT2D eigenvalue weighted by atomic mass is 9.97. The molecule has 0 spiro atoms. The maximum absolute atomic E-state index is 13.5. The van der Waals surface area contributed by atoms with Crippen molar-refractivity contribution < 1.29 is 39.3 Å². The van der Waals surface area contributed by atoms with Crippen LogP contribution >= 0.6 is 0 Å². The lowest BCUT2D eigenvalue weighted by Gasteiger charge is -2.35. The first-order chi connectivity index (χ1) is 8.25. The van der Waals surface area contributed by atoms with Crippen molar-refractivity contribution in [1.82, 2.24) is 0 Å². The van der Waals surface area contributed by atoms with E-state index in [4.69, 9.17) is 4.55 Å². The molecule has 0 aromatic carbocycles. The fourth-order valence-corrected chi connectivity index (χ4v) is 2.50. The summed E-state index contributed by atoms with van der Waals surface area (Å²) in [5, 5.41) is -3.28. The summed E-state index contributed by atoms with van der Waals surface area (Å²) in [5.74, 6) is -16.6. The maximum atomic E-state index is 13.5. The van der Waals surface area contributed by atoms with E-state index in [-0.39, 0.29) is 6.42 Å². The fraction of sp³-hybridized carbons (Fsp3) is 1.00. The van der Waals surface area contributed by atoms with Gasteiger partial charge in [0.05, 0.1) is 0 Å². The first-order valence-electron chi connectivity index (χ1n) is 5.35. The average Bonchev–Trinajstić information content (AvgIpc) is 2.23. The molecule has 0 aliphatic carbocycles. The van der Waals surface area contributed by atoms with Crippen molar-refractivity contribution >= 4 is 10.1 Å². The third-order valence-electron chi connectivity index (χ3n) is 2.64. The van der Waals surface area contributed by atoms with Crippen molar-refractivity contribution in [3.8, 4) is 0 Å². The van der Waals surface area contributed by atoms with Crippen molar-refractivity contribution in [3.05, 3.63) is 0 Å². The highest BCUT2D eigenvalue weighted by Gasteiger charge is 2.74. The molecule has 0 radical (unpaired) electrons. The second-order valence-electron chi connectivity index (χ2n) is 4.05. The van der Waals surface area contributed by atoms with E-state index < -0.39 is 46.0 Å². The van der Waals surface area contributed by atoms with Crippen LogP contribution in [0.3, 0.4) is 0 Å². The Morgan fingerprint density at radius 1 is 1.05 bits per heavy atom. The van der Waals surface area contributed by atoms with Gasteiger partial charge in [-0.3, -0.25) is 4.55 Å². The number of rotatable bonds is 7. The van der Waals surface area contributed by atoms with Gasteiger partial charge >= 0.3 is 17.8 Å². The molecule has 0 aromatic rings. The highest BCUT2D eigenvalue weighted by Crippen LogP contribution is 2.50. The van der Waals surface area contributed by atoms with Gasteiger partial charge in [0.25, 0.3) is 10.1 Å². The van der Waals surface area contributed by atoms with E-state index in [9.17, 15) is 34.8 Å². The standard InChI is InChI=1S/C9H14F6O3S/c1-3-5-6(19(16,17)18)8(12,13)9(14,15)7(10,11)4-2/h6H,3-5H2,1-2H3,(H,16,17,18). The van der Waals surface area contributed by atoms with Crippen LogP contribution in [0.1, 0.15) is 33.1 Å². The molecule has 10 heteroatoms. The van der Waals surface area contributed by atoms with Gasteiger partial charge in [-0.1, -0.05) is 20.3 Å². The van der Waals surface area contributed by atoms with E-state index in [1.54, 1.807) is 0 Å². The second kappa shape index (κ2) is 5.47. The number of alkyl halides is 6. The van der Waals surface area contributed by atoms with Crippen LogP contribution in [0.25, 0.3) is 0 Å². The Balaban J connectivity index is 5.80. The summed E-state index contributed by atoms with van der Waals surface area (Å²) < 4.78 is 109. The summed E-state index contributed by atoms with van der Waals surface area (Å²) in [4.78, 5) is 0. The molecular weight excluding hydrogens is 302 g/mol. The van der Waals surface area contributed by atoms with E-state index in [1.807, 2.05) is 0 Å². The predicted molar refractivity (Wildman–Crippen MR) is 55.4 cm³/mol. The normalized spacial score (nSPS) is 16.5. The summed E-state index contributed by atoms with van der Waals surface area (Å²) in [6.45, 7) is 1.75. The molecule has 0 fully saturated rings. The topological polar surface area (TPSA) is 54.4 Å². The molecule has 0 aliphatic heterocycles. The quantitative estimate of drug-likeness (QED) is 0.579. The monoisotopic (exact) mass is 316 g/mol. The van der Waals surface area contributed by atoms with Crippen molar-refractivity contribution in [2.24, 2.45) is 0 Å². The molecule has 0 heterocycles. The van der Waals surface area contributed by atoms with Crippen LogP contribution in [0.4, 0.5) is 26.3 Å². The smallest absolute Gasteiger partial charge is 0.285 e. The SMILES string of the molecule is CCCC(C(F)(F)C(F)(F)C(F)(F)CC)S(=O)(=O)O. The predicted octanol–water partition coefficient (Wildman–Crippen LogP) is 3.36. The zero-order valence-electron chi connectivity index (χ0n) is 10.1. The van der Waals surface area contributed by atoms with Gasteiger partial charge < -0.3 is 0 Å². The van der Waals surface area contributed by atoms with Crippen LogP contribution in [0, 0.1) is 0 Å². The minimum Gasteiger partial charge on any atom is -0.285 e. The van der Waals surface area contributed by atoms with E-state index in [0.717, 1.165) is 0 Å². The first-order valence-corrected chi connectivity index (χ1v) is 6.85. The van der Waals surface area contributed by atoms with Gasteiger partial charge in [0, 0.05) is 6.42 Å². The van der Waals surface area contributed by atoms with Gasteiger partial charge in [0.15, 0.2) is 5.25 Å². The first kappa shape index (κ1) is 18.5. The molecule has 0 saturated carbocycles. The third kappa shape index (κ3) is 3.33. The Kier molecular flexibility index (Phi) is 5.32. The molecule has 0 rings (SSSR count). The summed E-state index contributed by atoms with van der Waals surface area (Å²) in [6.07, 6.45) is -2.98. The van der Waals surface area contributed by atoms with E-state index in [1.165, 1.54) is 6.92 Å². The molecule has 19 heavy (non-hydrogen) atoms. The molecule has 0 bridgehead atoms. The molecule has 0 aliphatic rings. The molecule has 1 N–H and O–H groups in total. The molecule has 116 valence electrons. The van der Waals surface area contributed by atoms with Crippen LogP contribution in [0.15, 0.2) is 0 Å². The van der Waals surface area contributed by atoms with Crippen LogP contribution in [0.5, 0.6) is 0 Å². The molecule has 1 atom stereocenters. The van der Waals surface area contributed by atoms with Gasteiger partial charge in [-0.15, -0.1) is 0 Å². The van der Waals surface area contributed by atoms with Crippen molar-refractivity contribution in [3.63, 3.8) is 0 Å². The molecule has 3 nitrogen and oxygen atoms in total. The van der Waals surface area contributed by atoms with Gasteiger partial charge in [0.2, 0.25) is 0 Å². The van der Waals surface area contributed by atoms with Crippen LogP contribution in [0.2, 0.25) is 0 Å². The lowest BCUT2D eigenvalue weighted by molar-refractivity contribution is -0.309. The summed E-state index contributed by atoms with van der Waals surface area (Å²) in [7, 11) is -5.60. The summed E-state index contributed by atoms with van der Waals surface area (Å²) in [6, 6.07) is 0.